The molecule has 0 unspecified atom stereocenters. The van der Waals surface area contributed by atoms with Crippen LogP contribution >= 0.6 is 0 Å². The molecule has 0 radical (unpaired) electrons. The average molecular weight is 511 g/mol. The molecule has 0 saturated heterocycles. The van der Waals surface area contributed by atoms with Gasteiger partial charge >= 0.3 is 12.4 Å². The molecule has 36 heavy (non-hydrogen) atoms. The van der Waals surface area contributed by atoms with E-state index < -0.39 is 23.2 Å². The van der Waals surface area contributed by atoms with E-state index in [1.807, 2.05) is 25.2 Å². The molecule has 4 rings (SSSR count). The van der Waals surface area contributed by atoms with Gasteiger partial charge in [-0.1, -0.05) is 48.5 Å². The first kappa shape index (κ1) is 28.0. The second-order valence-corrected chi connectivity index (χ2v) is 9.91. The number of benzene rings is 2. The smallest absolute Gasteiger partial charge is 0.306 e. The van der Waals surface area contributed by atoms with Crippen molar-refractivity contribution in [2.75, 3.05) is 20.1 Å². The normalized spacial score (nSPS) is 17.7. The molecule has 2 nitrogen and oxygen atoms in total. The summed E-state index contributed by atoms with van der Waals surface area (Å²) in [5, 5.41) is 7.32. The lowest BCUT2D eigenvalue weighted by Crippen LogP contribution is -2.35. The maximum absolute atomic E-state index is 13.9. The Hall–Kier alpha value is -2.53. The van der Waals surface area contributed by atoms with Gasteiger partial charge in [-0.25, -0.2) is 0 Å². The Labute approximate surface area is 208 Å². The predicted molar refractivity (Wildman–Crippen MR) is 128 cm³/mol. The number of likely N-dealkylation sites (N-methyl/N-ethyl adjacent to an activating group) is 1. The van der Waals surface area contributed by atoms with Gasteiger partial charge in [-0.15, -0.1) is 0 Å². The molecule has 2 saturated carbocycles. The lowest BCUT2D eigenvalue weighted by atomic mass is 9.81. The van der Waals surface area contributed by atoms with E-state index >= 15 is 0 Å². The van der Waals surface area contributed by atoms with Gasteiger partial charge in [0.25, 0.3) is 0 Å². The van der Waals surface area contributed by atoms with Crippen LogP contribution in [-0.4, -0.2) is 37.4 Å². The van der Waals surface area contributed by atoms with Crippen molar-refractivity contribution in [3.05, 3.63) is 70.8 Å². The van der Waals surface area contributed by atoms with E-state index in [0.717, 1.165) is 25.9 Å². The van der Waals surface area contributed by atoms with Gasteiger partial charge in [-0.05, 0) is 80.8 Å². The summed E-state index contributed by atoms with van der Waals surface area (Å²) in [6.07, 6.45) is -7.45. The van der Waals surface area contributed by atoms with Crippen LogP contribution < -0.4 is 0 Å². The van der Waals surface area contributed by atoms with E-state index in [2.05, 4.69) is 17.0 Å². The van der Waals surface area contributed by atoms with Crippen LogP contribution in [0.1, 0.15) is 61.3 Å². The van der Waals surface area contributed by atoms with Crippen molar-refractivity contribution in [3.8, 4) is 6.07 Å². The Bertz CT molecular complexity index is 1040. The monoisotopic (exact) mass is 510 g/mol. The Kier molecular flexibility index (Phi) is 8.44. The molecule has 2 fully saturated rings. The highest BCUT2D eigenvalue weighted by molar-refractivity contribution is 5.50. The fourth-order valence-electron chi connectivity index (χ4n) is 4.85. The number of hydrogen-bond donors (Lipinski definition) is 0. The molecule has 8 heteroatoms. The molecule has 0 aromatic heterocycles. The van der Waals surface area contributed by atoms with Gasteiger partial charge in [0.1, 0.15) is 0 Å². The fourth-order valence-corrected chi connectivity index (χ4v) is 4.85. The van der Waals surface area contributed by atoms with E-state index in [0.29, 0.717) is 12.0 Å². The molecule has 0 atom stereocenters. The maximum Gasteiger partial charge on any atom is 0.398 e. The van der Waals surface area contributed by atoms with Crippen LogP contribution in [0.5, 0.6) is 0 Å². The van der Waals surface area contributed by atoms with Crippen molar-refractivity contribution in [1.29, 1.82) is 5.26 Å². The topological polar surface area (TPSA) is 27.0 Å². The van der Waals surface area contributed by atoms with Crippen molar-refractivity contribution < 1.29 is 26.3 Å². The molecule has 2 aliphatic carbocycles. The highest BCUT2D eigenvalue weighted by Crippen LogP contribution is 2.66. The summed E-state index contributed by atoms with van der Waals surface area (Å²) >= 11 is 0. The Balaban J connectivity index is 0.00000115. The number of aryl methyl sites for hydroxylation is 1. The second kappa shape index (κ2) is 10.8. The molecular weight excluding hydrogens is 478 g/mol. The number of alkyl halides is 6. The van der Waals surface area contributed by atoms with E-state index in [1.54, 1.807) is 12.1 Å². The van der Waals surface area contributed by atoms with Gasteiger partial charge in [0.05, 0.1) is 16.9 Å². The number of hydrogen-bond acceptors (Lipinski definition) is 2. The van der Waals surface area contributed by atoms with Crippen LogP contribution in [0.15, 0.2) is 48.5 Å². The first-order chi connectivity index (χ1) is 16.9. The van der Waals surface area contributed by atoms with Crippen LogP contribution in [0.3, 0.4) is 0 Å². The van der Waals surface area contributed by atoms with Gasteiger partial charge in [0, 0.05) is 13.5 Å². The highest BCUT2D eigenvalue weighted by atomic mass is 19.4. The van der Waals surface area contributed by atoms with E-state index in [-0.39, 0.29) is 36.8 Å². The van der Waals surface area contributed by atoms with Crippen molar-refractivity contribution >= 4 is 0 Å². The molecule has 2 aliphatic rings. The van der Waals surface area contributed by atoms with Gasteiger partial charge in [0.2, 0.25) is 0 Å². The summed E-state index contributed by atoms with van der Waals surface area (Å²) in [6.45, 7) is 3.06. The van der Waals surface area contributed by atoms with Gasteiger partial charge in [0.15, 0.2) is 0 Å². The highest BCUT2D eigenvalue weighted by Gasteiger charge is 2.70. The molecule has 2 aromatic carbocycles. The Morgan fingerprint density at radius 3 is 1.81 bits per heavy atom. The minimum Gasteiger partial charge on any atom is -0.306 e. The summed E-state index contributed by atoms with van der Waals surface area (Å²) < 4.78 is 83.0. The van der Waals surface area contributed by atoms with Crippen LogP contribution in [0, 0.1) is 11.3 Å². The third-order valence-electron chi connectivity index (χ3n) is 7.33. The first-order valence-electron chi connectivity index (χ1n) is 12.2. The van der Waals surface area contributed by atoms with Crippen molar-refractivity contribution in [2.24, 2.45) is 0 Å². The van der Waals surface area contributed by atoms with Crippen molar-refractivity contribution in [1.82, 2.24) is 4.90 Å². The molecule has 0 amide bonds. The lowest BCUT2D eigenvalue weighted by molar-refractivity contribution is -0.167. The van der Waals surface area contributed by atoms with Crippen molar-refractivity contribution in [3.63, 3.8) is 0 Å². The van der Waals surface area contributed by atoms with Gasteiger partial charge < -0.3 is 4.90 Å². The first-order valence-corrected chi connectivity index (χ1v) is 12.2. The third kappa shape index (κ3) is 6.05. The molecule has 0 bridgehead atoms. The Morgan fingerprint density at radius 1 is 0.778 bits per heavy atom. The molecule has 0 spiro atoms. The van der Waals surface area contributed by atoms with Crippen LogP contribution in [0.2, 0.25) is 0 Å². The summed E-state index contributed by atoms with van der Waals surface area (Å²) in [6, 6.07) is 16.2. The van der Waals surface area contributed by atoms with Crippen LogP contribution in [0.4, 0.5) is 26.3 Å². The zero-order valence-corrected chi connectivity index (χ0v) is 20.6. The molecule has 0 heterocycles. The number of halogens is 6. The third-order valence-corrected chi connectivity index (χ3v) is 7.33. The largest absolute Gasteiger partial charge is 0.398 e. The predicted octanol–water partition coefficient (Wildman–Crippen LogP) is 7.51. The zero-order valence-electron chi connectivity index (χ0n) is 20.6. The summed E-state index contributed by atoms with van der Waals surface area (Å²) in [4.78, 5) is 2.17. The van der Waals surface area contributed by atoms with Gasteiger partial charge in [-0.2, -0.15) is 31.6 Å². The number of nitrogens with zero attached hydrogens (tertiary/aromatic N) is 2. The average Bonchev–Trinajstić information content (AvgIpc) is 3.71. The van der Waals surface area contributed by atoms with Crippen LogP contribution in [-0.2, 0) is 23.7 Å². The standard InChI is InChI=1S/C26H29F6N.C2H3N/c1-33(17-11-19-6-3-2-4-7-19)16-5-8-20-9-10-21(23(12-13-23)25(27,28)29)22(18-20)24(14-15-24)26(30,31)32;1-2-3/h2-4,6-7,9-10,18H,5,8,11-17H2,1H3;1H3. The van der Waals surface area contributed by atoms with E-state index in [1.165, 1.54) is 24.6 Å². The molecule has 196 valence electrons. The quantitative estimate of drug-likeness (QED) is 0.327. The Morgan fingerprint density at radius 2 is 1.31 bits per heavy atom. The lowest BCUT2D eigenvalue weighted by Gasteiger charge is -2.29. The zero-order chi connectivity index (χ0) is 26.6. The molecular formula is C28H32F6N2. The summed E-state index contributed by atoms with van der Waals surface area (Å²) in [5.74, 6) is 0. The van der Waals surface area contributed by atoms with Crippen LogP contribution in [0.25, 0.3) is 0 Å². The van der Waals surface area contributed by atoms with Gasteiger partial charge in [-0.3, -0.25) is 0 Å². The number of nitriles is 1. The molecule has 0 aliphatic heterocycles. The second-order valence-electron chi connectivity index (χ2n) is 9.91. The minimum absolute atomic E-state index is 0.136. The van der Waals surface area contributed by atoms with E-state index in [9.17, 15) is 26.3 Å². The molecule has 0 N–H and O–H groups in total. The van der Waals surface area contributed by atoms with Crippen molar-refractivity contribution in [2.45, 2.75) is 75.1 Å². The fraction of sp³-hybridized carbons (Fsp3) is 0.536. The minimum atomic E-state index is -4.54. The number of rotatable bonds is 9. The maximum atomic E-state index is 13.9. The molecule has 2 aromatic rings. The summed E-state index contributed by atoms with van der Waals surface area (Å²) in [7, 11) is 2.00. The van der Waals surface area contributed by atoms with E-state index in [4.69, 9.17) is 5.26 Å². The summed E-state index contributed by atoms with van der Waals surface area (Å²) in [5.41, 5.74) is -2.61. The SMILES string of the molecule is CC#N.CN(CCCc1ccc(C2(C(F)(F)F)CC2)c(C2(C(F)(F)F)CC2)c1)CCc1ccccc1.